The molecule has 0 aromatic heterocycles. The lowest BCUT2D eigenvalue weighted by atomic mass is 10.1. The van der Waals surface area contributed by atoms with Crippen LogP contribution in [0.25, 0.3) is 0 Å². The largest absolute Gasteiger partial charge is 0.472 e. The molecule has 3 unspecified atom stereocenters. The number of esters is 2. The zero-order chi connectivity index (χ0) is 44.0. The molecule has 0 aliphatic heterocycles. The summed E-state index contributed by atoms with van der Waals surface area (Å²) >= 11 is 0. The van der Waals surface area contributed by atoms with E-state index in [-0.39, 0.29) is 19.4 Å². The van der Waals surface area contributed by atoms with Crippen LogP contribution in [0.5, 0.6) is 0 Å². The second-order valence-corrected chi connectivity index (χ2v) is 16.5. The van der Waals surface area contributed by atoms with Crippen molar-refractivity contribution in [2.24, 2.45) is 0 Å². The Labute approximate surface area is 364 Å². The monoisotopic (exact) mass is 863 g/mol. The lowest BCUT2D eigenvalue weighted by Crippen LogP contribution is -2.29. The van der Waals surface area contributed by atoms with E-state index >= 15 is 0 Å². The molecular weight excluding hydrogens is 780 g/mol. The quantitative estimate of drug-likeness (QED) is 0.0234. The number of hydrogen-bond donors (Lipinski definition) is 3. The lowest BCUT2D eigenvalue weighted by Gasteiger charge is -2.20. The summed E-state index contributed by atoms with van der Waals surface area (Å²) in [7, 11) is -4.64. The van der Waals surface area contributed by atoms with Crippen LogP contribution in [0.4, 0.5) is 0 Å². The normalized spacial score (nSPS) is 14.6. The standard InChI is InChI=1S/C49H83O10P/c1-3-5-7-9-11-13-15-17-19-21-23-25-27-29-31-33-35-37-39-41-49(53)59-47(45-58-60(54,55)57-43-46(51)42-50)44-56-48(52)40-38-36-34-32-30-28-26-24-22-20-18-16-14-12-10-8-6-4-2/h5,7,11,13-14,16-17,19-20,22-23,25,29,31,46-47,50-51H,3-4,6,8-10,12,15,18,21,24,26-28,30,32-45H2,1-2H3,(H,54,55)/b7-5-,13-11-,16-14-,19-17-,22-20-,25-23-,31-29-. The molecule has 0 aliphatic rings. The van der Waals surface area contributed by atoms with Crippen molar-refractivity contribution in [3.05, 3.63) is 85.1 Å². The molecule has 3 atom stereocenters. The molecule has 0 aliphatic carbocycles. The minimum Gasteiger partial charge on any atom is -0.462 e. The molecule has 0 aromatic carbocycles. The third kappa shape index (κ3) is 43.2. The Bertz CT molecular complexity index is 1270. The SMILES string of the molecule is CC/C=C\C/C=C\C/C=C\C/C=C\C/C=C\CCCCCC(=O)OC(COC(=O)CCCCCCCCC/C=C\C/C=C\CCCCCC)COP(=O)(O)OCC(O)CO. The van der Waals surface area contributed by atoms with Crippen molar-refractivity contribution >= 4 is 19.8 Å². The van der Waals surface area contributed by atoms with Gasteiger partial charge in [-0.25, -0.2) is 4.57 Å². The maximum absolute atomic E-state index is 12.6. The molecule has 0 radical (unpaired) electrons. The number of aliphatic hydroxyl groups excluding tert-OH is 2. The van der Waals surface area contributed by atoms with Crippen LogP contribution in [0.2, 0.25) is 0 Å². The molecule has 0 spiro atoms. The molecule has 344 valence electrons. The van der Waals surface area contributed by atoms with Crippen molar-refractivity contribution in [3.8, 4) is 0 Å². The van der Waals surface area contributed by atoms with Gasteiger partial charge in [-0.15, -0.1) is 0 Å². The first-order valence-corrected chi connectivity index (χ1v) is 24.5. The summed E-state index contributed by atoms with van der Waals surface area (Å²) in [6.07, 6.45) is 52.6. The second-order valence-electron chi connectivity index (χ2n) is 15.0. The van der Waals surface area contributed by atoms with Gasteiger partial charge < -0.3 is 24.6 Å². The Morgan fingerprint density at radius 3 is 1.40 bits per heavy atom. The number of phosphoric acid groups is 1. The molecule has 0 fully saturated rings. The molecule has 10 nitrogen and oxygen atoms in total. The Morgan fingerprint density at radius 2 is 0.917 bits per heavy atom. The Morgan fingerprint density at radius 1 is 0.517 bits per heavy atom. The van der Waals surface area contributed by atoms with Gasteiger partial charge in [0.15, 0.2) is 6.10 Å². The van der Waals surface area contributed by atoms with Crippen LogP contribution in [-0.2, 0) is 32.7 Å². The van der Waals surface area contributed by atoms with Gasteiger partial charge in [-0.3, -0.25) is 18.6 Å². The molecule has 0 saturated heterocycles. The Hall–Kier alpha value is -2.85. The Balaban J connectivity index is 4.36. The summed E-state index contributed by atoms with van der Waals surface area (Å²) in [5.74, 6) is -0.977. The first-order valence-electron chi connectivity index (χ1n) is 23.0. The van der Waals surface area contributed by atoms with Crippen molar-refractivity contribution in [1.29, 1.82) is 0 Å². The van der Waals surface area contributed by atoms with E-state index in [2.05, 4.69) is 98.9 Å². The average Bonchev–Trinajstić information content (AvgIpc) is 3.24. The van der Waals surface area contributed by atoms with E-state index in [1.54, 1.807) is 0 Å². The van der Waals surface area contributed by atoms with Gasteiger partial charge in [0.25, 0.3) is 0 Å². The van der Waals surface area contributed by atoms with E-state index in [9.17, 15) is 24.2 Å². The number of unbranched alkanes of at least 4 members (excludes halogenated alkanes) is 14. The van der Waals surface area contributed by atoms with Gasteiger partial charge >= 0.3 is 19.8 Å². The van der Waals surface area contributed by atoms with Crippen molar-refractivity contribution in [1.82, 2.24) is 0 Å². The van der Waals surface area contributed by atoms with Crippen molar-refractivity contribution in [3.63, 3.8) is 0 Å². The molecule has 0 heterocycles. The van der Waals surface area contributed by atoms with E-state index in [0.717, 1.165) is 83.5 Å². The second kappa shape index (κ2) is 44.2. The highest BCUT2D eigenvalue weighted by Crippen LogP contribution is 2.43. The van der Waals surface area contributed by atoms with Crippen molar-refractivity contribution in [2.75, 3.05) is 26.4 Å². The lowest BCUT2D eigenvalue weighted by molar-refractivity contribution is -0.161. The van der Waals surface area contributed by atoms with Crippen LogP contribution in [0, 0.1) is 0 Å². The Kier molecular flexibility index (Phi) is 42.1. The highest BCUT2D eigenvalue weighted by Gasteiger charge is 2.27. The molecule has 0 amide bonds. The number of rotatable bonds is 42. The summed E-state index contributed by atoms with van der Waals surface area (Å²) in [5, 5.41) is 18.4. The van der Waals surface area contributed by atoms with Crippen molar-refractivity contribution < 1.29 is 47.8 Å². The van der Waals surface area contributed by atoms with Crippen LogP contribution in [-0.4, -0.2) is 65.7 Å². The summed E-state index contributed by atoms with van der Waals surface area (Å²) in [6, 6.07) is 0. The summed E-state index contributed by atoms with van der Waals surface area (Å²) < 4.78 is 32.7. The van der Waals surface area contributed by atoms with Gasteiger partial charge in [0.1, 0.15) is 12.7 Å². The van der Waals surface area contributed by atoms with E-state index < -0.39 is 51.8 Å². The zero-order valence-electron chi connectivity index (χ0n) is 37.4. The highest BCUT2D eigenvalue weighted by molar-refractivity contribution is 7.47. The van der Waals surface area contributed by atoms with Gasteiger partial charge in [0.2, 0.25) is 0 Å². The van der Waals surface area contributed by atoms with Gasteiger partial charge in [-0.05, 0) is 89.9 Å². The van der Waals surface area contributed by atoms with Crippen LogP contribution < -0.4 is 0 Å². The molecule has 3 N–H and O–H groups in total. The molecule has 60 heavy (non-hydrogen) atoms. The molecule has 0 aromatic rings. The highest BCUT2D eigenvalue weighted by atomic mass is 31.2. The van der Waals surface area contributed by atoms with Crippen LogP contribution in [0.1, 0.15) is 174 Å². The molecular formula is C49H83O10P. The number of phosphoric ester groups is 1. The smallest absolute Gasteiger partial charge is 0.462 e. The first-order chi connectivity index (χ1) is 29.2. The van der Waals surface area contributed by atoms with Crippen LogP contribution in [0.15, 0.2) is 85.1 Å². The maximum atomic E-state index is 12.6. The number of hydrogen-bond acceptors (Lipinski definition) is 9. The number of carbonyl (C=O) groups excluding carboxylic acids is 2. The van der Waals surface area contributed by atoms with Gasteiger partial charge in [-0.2, -0.15) is 0 Å². The predicted molar refractivity (Wildman–Crippen MR) is 246 cm³/mol. The first kappa shape index (κ1) is 57.1. The van der Waals surface area contributed by atoms with Crippen molar-refractivity contribution in [2.45, 2.75) is 187 Å². The van der Waals surface area contributed by atoms with Gasteiger partial charge in [0, 0.05) is 12.8 Å². The zero-order valence-corrected chi connectivity index (χ0v) is 38.3. The molecule has 0 bridgehead atoms. The number of allylic oxidation sites excluding steroid dienone is 14. The molecule has 0 rings (SSSR count). The fourth-order valence-electron chi connectivity index (χ4n) is 5.75. The minimum atomic E-state index is -4.64. The van der Waals surface area contributed by atoms with Crippen LogP contribution >= 0.6 is 7.82 Å². The van der Waals surface area contributed by atoms with E-state index in [0.29, 0.717) is 12.8 Å². The fourth-order valence-corrected chi connectivity index (χ4v) is 6.54. The third-order valence-electron chi connectivity index (χ3n) is 9.28. The predicted octanol–water partition coefficient (Wildman–Crippen LogP) is 12.6. The van der Waals surface area contributed by atoms with E-state index in [4.69, 9.17) is 23.6 Å². The van der Waals surface area contributed by atoms with Gasteiger partial charge in [-0.1, -0.05) is 157 Å². The number of ether oxygens (including phenoxy) is 2. The van der Waals surface area contributed by atoms with E-state index in [1.807, 2.05) is 0 Å². The third-order valence-corrected chi connectivity index (χ3v) is 10.2. The minimum absolute atomic E-state index is 0.139. The fraction of sp³-hybridized carbons (Fsp3) is 0.673. The summed E-state index contributed by atoms with van der Waals surface area (Å²) in [5.41, 5.74) is 0. The molecule has 0 saturated carbocycles. The maximum Gasteiger partial charge on any atom is 0.472 e. The summed E-state index contributed by atoms with van der Waals surface area (Å²) in [6.45, 7) is 2.19. The van der Waals surface area contributed by atoms with E-state index in [1.165, 1.54) is 51.4 Å². The number of aliphatic hydroxyl groups is 2. The van der Waals surface area contributed by atoms with Crippen LogP contribution in [0.3, 0.4) is 0 Å². The average molecular weight is 863 g/mol. The number of carbonyl (C=O) groups is 2. The topological polar surface area (TPSA) is 149 Å². The summed E-state index contributed by atoms with van der Waals surface area (Å²) in [4.78, 5) is 35.1. The molecule has 11 heteroatoms. The van der Waals surface area contributed by atoms with Gasteiger partial charge in [0.05, 0.1) is 19.8 Å².